The van der Waals surface area contributed by atoms with Crippen molar-refractivity contribution in [1.82, 2.24) is 0 Å². The first-order valence-corrected chi connectivity index (χ1v) is 43.9. The van der Waals surface area contributed by atoms with Crippen LogP contribution in [0.4, 0.5) is 0 Å². The van der Waals surface area contributed by atoms with Gasteiger partial charge in [0.15, 0.2) is 12.2 Å². The molecule has 0 aromatic carbocycles. The van der Waals surface area contributed by atoms with Crippen molar-refractivity contribution >= 4 is 39.5 Å². The van der Waals surface area contributed by atoms with Gasteiger partial charge in [-0.3, -0.25) is 37.3 Å². The van der Waals surface area contributed by atoms with Gasteiger partial charge in [0.2, 0.25) is 0 Å². The molecule has 0 aliphatic carbocycles. The van der Waals surface area contributed by atoms with Gasteiger partial charge in [-0.15, -0.1) is 0 Å². The zero-order valence-electron chi connectivity index (χ0n) is 64.3. The first-order chi connectivity index (χ1) is 47.3. The number of unbranched alkanes of at least 4 members (excludes halogenated alkanes) is 44. The zero-order chi connectivity index (χ0) is 72.3. The molecule has 0 bridgehead atoms. The molecule has 3 unspecified atom stereocenters. The molecule has 98 heavy (non-hydrogen) atoms. The number of ether oxygens (including phenoxy) is 4. The molecule has 0 fully saturated rings. The fourth-order valence-electron chi connectivity index (χ4n) is 12.1. The number of aliphatic hydroxyl groups is 1. The topological polar surface area (TPSA) is 237 Å². The van der Waals surface area contributed by atoms with Crippen LogP contribution in [0.2, 0.25) is 0 Å². The fraction of sp³-hybridized carbons (Fsp3) is 0.949. The van der Waals surface area contributed by atoms with E-state index in [-0.39, 0.29) is 25.7 Å². The van der Waals surface area contributed by atoms with Gasteiger partial charge in [-0.1, -0.05) is 357 Å². The Morgan fingerprint density at radius 2 is 0.520 bits per heavy atom. The first-order valence-electron chi connectivity index (χ1n) is 40.9. The molecule has 0 radical (unpaired) electrons. The number of rotatable bonds is 77. The molecular weight excluding hydrogens is 1280 g/mol. The Morgan fingerprint density at radius 3 is 0.776 bits per heavy atom. The maximum Gasteiger partial charge on any atom is 0.472 e. The summed E-state index contributed by atoms with van der Waals surface area (Å²) in [6, 6.07) is 0. The number of hydrogen-bond acceptors (Lipinski definition) is 15. The minimum atomic E-state index is -4.96. The number of phosphoric acid groups is 2. The number of carbonyl (C=O) groups excluding carboxylic acids is 4. The molecule has 0 aromatic heterocycles. The normalized spacial score (nSPS) is 14.3. The summed E-state index contributed by atoms with van der Waals surface area (Å²) in [7, 11) is -9.92. The second kappa shape index (κ2) is 69.4. The quantitative estimate of drug-likeness (QED) is 0.0222. The van der Waals surface area contributed by atoms with Gasteiger partial charge >= 0.3 is 39.5 Å². The summed E-state index contributed by atoms with van der Waals surface area (Å²) >= 11 is 0. The molecule has 0 spiro atoms. The molecule has 0 amide bonds. The molecule has 17 nitrogen and oxygen atoms in total. The van der Waals surface area contributed by atoms with E-state index in [4.69, 9.17) is 37.0 Å². The van der Waals surface area contributed by atoms with Crippen LogP contribution in [0.3, 0.4) is 0 Å². The van der Waals surface area contributed by atoms with Crippen molar-refractivity contribution in [2.45, 2.75) is 426 Å². The molecular formula is C79H154O17P2. The van der Waals surface area contributed by atoms with E-state index in [2.05, 4.69) is 48.5 Å². The van der Waals surface area contributed by atoms with Crippen LogP contribution in [0.5, 0.6) is 0 Å². The zero-order valence-corrected chi connectivity index (χ0v) is 66.0. The van der Waals surface area contributed by atoms with E-state index in [0.717, 1.165) is 108 Å². The number of aliphatic hydroxyl groups excluding tert-OH is 1. The standard InChI is InChI=1S/C79H154O17P2/c1-8-10-11-12-13-14-15-22-26-33-40-48-55-62-78(83)96-75(67-90-77(82)61-54-47-42-35-37-44-51-58-71(5)6)69-94-98(87,88)92-65-73(80)64-91-97(85,86)93-68-74(66-89-76(81)60-53-46-39-32-29-28-31-38-45-52-59-72(7)9-2)95-79(84)63-56-49-41-34-27-24-21-19-17-16-18-20-23-25-30-36-43-50-57-70(3)4/h70-75,80H,8-69H2,1-7H3,(H,85,86)(H,87,88)/t72?,73-,74-,75-/m1/s1. The van der Waals surface area contributed by atoms with E-state index in [9.17, 15) is 43.2 Å². The summed E-state index contributed by atoms with van der Waals surface area (Å²) in [4.78, 5) is 72.9. The molecule has 0 aromatic rings. The monoisotopic (exact) mass is 1440 g/mol. The first kappa shape index (κ1) is 96.1. The maximum atomic E-state index is 13.1. The smallest absolute Gasteiger partial charge is 0.462 e. The Hall–Kier alpha value is -1.94. The van der Waals surface area contributed by atoms with Crippen molar-refractivity contribution in [3.05, 3.63) is 0 Å². The Balaban J connectivity index is 5.22. The van der Waals surface area contributed by atoms with Crippen molar-refractivity contribution in [3.63, 3.8) is 0 Å². The van der Waals surface area contributed by atoms with Gasteiger partial charge in [-0.2, -0.15) is 0 Å². The number of carbonyl (C=O) groups is 4. The van der Waals surface area contributed by atoms with Crippen LogP contribution in [0, 0.1) is 17.8 Å². The molecule has 0 saturated carbocycles. The largest absolute Gasteiger partial charge is 0.472 e. The van der Waals surface area contributed by atoms with Crippen molar-refractivity contribution in [1.29, 1.82) is 0 Å². The van der Waals surface area contributed by atoms with E-state index in [1.54, 1.807) is 0 Å². The van der Waals surface area contributed by atoms with Gasteiger partial charge in [-0.25, -0.2) is 9.13 Å². The van der Waals surface area contributed by atoms with Crippen molar-refractivity contribution in [2.75, 3.05) is 39.6 Å². The maximum absolute atomic E-state index is 13.1. The Morgan fingerprint density at radius 1 is 0.296 bits per heavy atom. The van der Waals surface area contributed by atoms with Crippen LogP contribution in [0.1, 0.15) is 408 Å². The van der Waals surface area contributed by atoms with E-state index in [1.807, 2.05) is 0 Å². The lowest BCUT2D eigenvalue weighted by atomic mass is 9.99. The van der Waals surface area contributed by atoms with Crippen LogP contribution < -0.4 is 0 Å². The van der Waals surface area contributed by atoms with E-state index >= 15 is 0 Å². The highest BCUT2D eigenvalue weighted by molar-refractivity contribution is 7.47. The lowest BCUT2D eigenvalue weighted by Gasteiger charge is -2.21. The lowest BCUT2D eigenvalue weighted by Crippen LogP contribution is -2.30. The van der Waals surface area contributed by atoms with Gasteiger partial charge in [-0.05, 0) is 43.4 Å². The van der Waals surface area contributed by atoms with Crippen molar-refractivity contribution in [2.24, 2.45) is 17.8 Å². The van der Waals surface area contributed by atoms with Crippen LogP contribution in [0.25, 0.3) is 0 Å². The Labute approximate surface area is 600 Å². The summed E-state index contributed by atoms with van der Waals surface area (Å²) in [5.74, 6) is 0.221. The fourth-order valence-corrected chi connectivity index (χ4v) is 13.7. The van der Waals surface area contributed by atoms with Gasteiger partial charge < -0.3 is 33.8 Å². The molecule has 0 aliphatic rings. The molecule has 3 N–H and O–H groups in total. The molecule has 6 atom stereocenters. The molecule has 0 heterocycles. The Bertz CT molecular complexity index is 1910. The third-order valence-corrected chi connectivity index (χ3v) is 20.6. The third kappa shape index (κ3) is 71.1. The highest BCUT2D eigenvalue weighted by Crippen LogP contribution is 2.45. The minimum Gasteiger partial charge on any atom is -0.462 e. The van der Waals surface area contributed by atoms with Gasteiger partial charge in [0.05, 0.1) is 26.4 Å². The summed E-state index contributed by atoms with van der Waals surface area (Å²) in [5.41, 5.74) is 0. The summed E-state index contributed by atoms with van der Waals surface area (Å²) in [6.45, 7) is 11.9. The van der Waals surface area contributed by atoms with Gasteiger partial charge in [0.1, 0.15) is 19.3 Å². The molecule has 0 aliphatic heterocycles. The summed E-state index contributed by atoms with van der Waals surface area (Å²) < 4.78 is 68.6. The summed E-state index contributed by atoms with van der Waals surface area (Å²) in [5, 5.41) is 10.6. The molecule has 19 heteroatoms. The number of esters is 4. The van der Waals surface area contributed by atoms with E-state index in [0.29, 0.717) is 31.6 Å². The third-order valence-electron chi connectivity index (χ3n) is 18.7. The molecule has 582 valence electrons. The SMILES string of the molecule is CCCCCCCCCCCCCCCC(=O)O[C@H](COC(=O)CCCCCCCCCC(C)C)COP(=O)(O)OC[C@H](O)COP(=O)(O)OC[C@@H](COC(=O)CCCCCCCCCCCCC(C)CC)OC(=O)CCCCCCCCCCCCCCCCCCCCC(C)C. The number of hydrogen-bond donors (Lipinski definition) is 3. The van der Waals surface area contributed by atoms with Crippen molar-refractivity contribution < 1.29 is 80.2 Å². The second-order valence-corrected chi connectivity index (χ2v) is 32.6. The van der Waals surface area contributed by atoms with Crippen LogP contribution in [0.15, 0.2) is 0 Å². The average molecular weight is 1440 g/mol. The van der Waals surface area contributed by atoms with Gasteiger partial charge in [0.25, 0.3) is 0 Å². The predicted molar refractivity (Wildman–Crippen MR) is 400 cm³/mol. The predicted octanol–water partition coefficient (Wildman–Crippen LogP) is 23.4. The Kier molecular flexibility index (Phi) is 68.1. The molecule has 0 rings (SSSR count). The highest BCUT2D eigenvalue weighted by Gasteiger charge is 2.30. The average Bonchev–Trinajstić information content (AvgIpc) is 1.22. The lowest BCUT2D eigenvalue weighted by molar-refractivity contribution is -0.161. The van der Waals surface area contributed by atoms with E-state index < -0.39 is 97.5 Å². The molecule has 0 saturated heterocycles. The summed E-state index contributed by atoms with van der Waals surface area (Å²) in [6.07, 6.45) is 56.9. The highest BCUT2D eigenvalue weighted by atomic mass is 31.2. The minimum absolute atomic E-state index is 0.107. The van der Waals surface area contributed by atoms with Crippen LogP contribution in [-0.2, 0) is 65.4 Å². The van der Waals surface area contributed by atoms with E-state index in [1.165, 1.54) is 212 Å². The van der Waals surface area contributed by atoms with Gasteiger partial charge in [0, 0.05) is 25.7 Å². The second-order valence-electron chi connectivity index (χ2n) is 29.6. The van der Waals surface area contributed by atoms with Crippen LogP contribution >= 0.6 is 15.6 Å². The number of phosphoric ester groups is 2. The van der Waals surface area contributed by atoms with Crippen molar-refractivity contribution in [3.8, 4) is 0 Å². The van der Waals surface area contributed by atoms with Crippen LogP contribution in [-0.4, -0.2) is 96.7 Å².